The molecule has 0 unspecified atom stereocenters. The van der Waals surface area contributed by atoms with Crippen molar-refractivity contribution in [3.8, 4) is 0 Å². The Morgan fingerprint density at radius 1 is 1.33 bits per heavy atom. The molecule has 0 N–H and O–H groups in total. The molecule has 18 heavy (non-hydrogen) atoms. The highest BCUT2D eigenvalue weighted by molar-refractivity contribution is 5.81. The van der Waals surface area contributed by atoms with E-state index in [2.05, 4.69) is 0 Å². The summed E-state index contributed by atoms with van der Waals surface area (Å²) in [7, 11) is 0. The third-order valence-electron chi connectivity index (χ3n) is 2.81. The molecule has 2 rings (SSSR count). The second-order valence-corrected chi connectivity index (χ2v) is 4.22. The predicted molar refractivity (Wildman–Crippen MR) is 57.2 cm³/mol. The molecule has 1 heterocycles. The molecular weight excluding hydrogens is 247 g/mol. The number of amides is 1. The van der Waals surface area contributed by atoms with Crippen LogP contribution in [0.15, 0.2) is 30.3 Å². The fourth-order valence-corrected chi connectivity index (χ4v) is 1.93. The number of halogens is 3. The monoisotopic (exact) mass is 259 g/mol. The number of hydrogen-bond donors (Lipinski definition) is 0. The molecule has 3 nitrogen and oxygen atoms in total. The smallest absolute Gasteiger partial charge is 0.262 e. The average Bonchev–Trinajstić information content (AvgIpc) is 2.70. The Morgan fingerprint density at radius 2 is 1.94 bits per heavy atom. The Bertz CT molecular complexity index is 433. The van der Waals surface area contributed by atoms with Crippen LogP contribution in [0.5, 0.6) is 0 Å². The Balaban J connectivity index is 2.13. The molecule has 0 saturated carbocycles. The second-order valence-electron chi connectivity index (χ2n) is 4.22. The molecule has 1 amide bonds. The first-order valence-electron chi connectivity index (χ1n) is 5.51. The molecule has 98 valence electrons. The van der Waals surface area contributed by atoms with E-state index in [1.54, 1.807) is 30.3 Å². The zero-order valence-corrected chi connectivity index (χ0v) is 9.65. The lowest BCUT2D eigenvalue weighted by Gasteiger charge is -2.21. The van der Waals surface area contributed by atoms with Crippen LogP contribution in [0.1, 0.15) is 25.0 Å². The molecule has 1 saturated heterocycles. The van der Waals surface area contributed by atoms with Crippen molar-refractivity contribution in [3.05, 3.63) is 35.9 Å². The Hall–Kier alpha value is -1.56. The van der Waals surface area contributed by atoms with Gasteiger partial charge in [-0.3, -0.25) is 9.63 Å². The maximum Gasteiger partial charge on any atom is 0.473 e. The largest absolute Gasteiger partial charge is 0.473 e. The fourth-order valence-electron chi connectivity index (χ4n) is 1.93. The highest BCUT2D eigenvalue weighted by Crippen LogP contribution is 2.35. The molecular formula is C12H12F3NO2. The van der Waals surface area contributed by atoms with Crippen LogP contribution in [-0.4, -0.2) is 23.2 Å². The Labute approximate surface area is 102 Å². The molecule has 0 bridgehead atoms. The summed E-state index contributed by atoms with van der Waals surface area (Å²) in [6.45, 7) is 1.53. The first-order valence-corrected chi connectivity index (χ1v) is 5.51. The van der Waals surface area contributed by atoms with Crippen molar-refractivity contribution in [2.24, 2.45) is 0 Å². The maximum atomic E-state index is 12.3. The third-order valence-corrected chi connectivity index (χ3v) is 2.81. The van der Waals surface area contributed by atoms with E-state index in [-0.39, 0.29) is 0 Å². The van der Waals surface area contributed by atoms with Gasteiger partial charge in [-0.2, -0.15) is 13.2 Å². The summed E-state index contributed by atoms with van der Waals surface area (Å²) in [6, 6.07) is 8.29. The van der Waals surface area contributed by atoms with Crippen molar-refractivity contribution in [1.29, 1.82) is 0 Å². The summed E-state index contributed by atoms with van der Waals surface area (Å²) in [5.74, 6) is -1.95. The summed E-state index contributed by atoms with van der Waals surface area (Å²) < 4.78 is 37.0. The van der Waals surface area contributed by atoms with E-state index in [0.717, 1.165) is 5.56 Å². The number of hydroxylamine groups is 2. The lowest BCUT2D eigenvalue weighted by atomic mass is 10.0. The zero-order valence-electron chi connectivity index (χ0n) is 9.65. The number of rotatable bonds is 1. The van der Waals surface area contributed by atoms with Gasteiger partial charge in [0.05, 0.1) is 6.04 Å². The van der Waals surface area contributed by atoms with Gasteiger partial charge in [0.25, 0.3) is 0 Å². The third kappa shape index (κ3) is 2.48. The number of hydrogen-bond acceptors (Lipinski definition) is 2. The van der Waals surface area contributed by atoms with Crippen molar-refractivity contribution in [1.82, 2.24) is 5.06 Å². The van der Waals surface area contributed by atoms with Crippen LogP contribution in [-0.2, 0) is 9.63 Å². The Kier molecular flexibility index (Phi) is 3.30. The molecule has 1 aliphatic rings. The molecule has 1 aromatic carbocycles. The minimum absolute atomic E-state index is 0.353. The minimum Gasteiger partial charge on any atom is -0.262 e. The van der Waals surface area contributed by atoms with Crippen LogP contribution in [0.3, 0.4) is 0 Å². The van der Waals surface area contributed by atoms with Gasteiger partial charge in [-0.1, -0.05) is 30.3 Å². The van der Waals surface area contributed by atoms with E-state index in [1.165, 1.54) is 6.92 Å². The van der Waals surface area contributed by atoms with E-state index in [9.17, 15) is 18.0 Å². The van der Waals surface area contributed by atoms with Crippen LogP contribution in [0.2, 0.25) is 0 Å². The summed E-state index contributed by atoms with van der Waals surface area (Å²) in [5, 5.41) is 0.428. The molecule has 1 aromatic rings. The summed E-state index contributed by atoms with van der Waals surface area (Å²) in [4.78, 5) is 16.2. The Morgan fingerprint density at radius 3 is 2.50 bits per heavy atom. The summed E-state index contributed by atoms with van der Waals surface area (Å²) in [6.07, 6.45) is -5.06. The topological polar surface area (TPSA) is 29.5 Å². The van der Waals surface area contributed by atoms with Crippen LogP contribution in [0.4, 0.5) is 13.2 Å². The molecule has 0 aliphatic carbocycles. The van der Waals surface area contributed by atoms with Gasteiger partial charge in [0, 0.05) is 6.42 Å². The van der Waals surface area contributed by atoms with Gasteiger partial charge in [0.1, 0.15) is 6.10 Å². The summed E-state index contributed by atoms with van der Waals surface area (Å²) >= 11 is 0. The van der Waals surface area contributed by atoms with Crippen molar-refractivity contribution in [2.45, 2.75) is 31.7 Å². The van der Waals surface area contributed by atoms with Crippen LogP contribution in [0.25, 0.3) is 0 Å². The normalized spacial score (nSPS) is 24.3. The maximum absolute atomic E-state index is 12.3. The number of carbonyl (C=O) groups excluding carboxylic acids is 1. The van der Waals surface area contributed by atoms with E-state index < -0.39 is 24.2 Å². The van der Waals surface area contributed by atoms with Gasteiger partial charge in [-0.15, -0.1) is 0 Å². The lowest BCUT2D eigenvalue weighted by Crippen LogP contribution is -2.42. The highest BCUT2D eigenvalue weighted by atomic mass is 19.4. The van der Waals surface area contributed by atoms with Crippen molar-refractivity contribution < 1.29 is 22.8 Å². The van der Waals surface area contributed by atoms with Gasteiger partial charge < -0.3 is 0 Å². The fraction of sp³-hybridized carbons (Fsp3) is 0.417. The van der Waals surface area contributed by atoms with E-state index in [1.807, 2.05) is 0 Å². The first-order chi connectivity index (χ1) is 8.39. The minimum atomic E-state index is -4.90. The van der Waals surface area contributed by atoms with Crippen LogP contribution in [0, 0.1) is 0 Å². The van der Waals surface area contributed by atoms with Gasteiger partial charge in [0.2, 0.25) is 0 Å². The predicted octanol–water partition coefficient (Wildman–Crippen LogP) is 2.84. The van der Waals surface area contributed by atoms with E-state index in [4.69, 9.17) is 4.84 Å². The quantitative estimate of drug-likeness (QED) is 0.776. The zero-order chi connectivity index (χ0) is 13.3. The van der Waals surface area contributed by atoms with Gasteiger partial charge in [-0.25, -0.2) is 5.06 Å². The van der Waals surface area contributed by atoms with Gasteiger partial charge in [-0.05, 0) is 12.5 Å². The van der Waals surface area contributed by atoms with Gasteiger partial charge in [0.15, 0.2) is 0 Å². The molecule has 2 atom stereocenters. The molecule has 1 aliphatic heterocycles. The molecule has 6 heteroatoms. The van der Waals surface area contributed by atoms with Crippen LogP contribution >= 0.6 is 0 Å². The summed E-state index contributed by atoms with van der Waals surface area (Å²) in [5.41, 5.74) is 0.766. The second kappa shape index (κ2) is 4.61. The molecule has 1 fully saturated rings. The van der Waals surface area contributed by atoms with E-state index in [0.29, 0.717) is 11.5 Å². The SMILES string of the molecule is C[C@H]1C[C@@H](c2ccccc2)ON1C(=O)C(F)(F)F. The number of benzene rings is 1. The lowest BCUT2D eigenvalue weighted by molar-refractivity contribution is -0.230. The van der Waals surface area contributed by atoms with Gasteiger partial charge >= 0.3 is 12.1 Å². The standard InChI is InChI=1S/C12H12F3NO2/c1-8-7-10(9-5-3-2-4-6-9)18-16(8)11(17)12(13,14)15/h2-6,8,10H,7H2,1H3/t8-,10-/m0/s1. The highest BCUT2D eigenvalue weighted by Gasteiger charge is 2.48. The van der Waals surface area contributed by atoms with Crippen molar-refractivity contribution >= 4 is 5.91 Å². The van der Waals surface area contributed by atoms with Crippen molar-refractivity contribution in [3.63, 3.8) is 0 Å². The number of alkyl halides is 3. The average molecular weight is 259 g/mol. The number of carbonyl (C=O) groups is 1. The first kappa shape index (κ1) is 12.9. The van der Waals surface area contributed by atoms with Crippen molar-refractivity contribution in [2.75, 3.05) is 0 Å². The molecule has 0 spiro atoms. The molecule has 0 aromatic heterocycles. The molecule has 0 radical (unpaired) electrons. The van der Waals surface area contributed by atoms with Crippen LogP contribution < -0.4 is 0 Å². The van der Waals surface area contributed by atoms with E-state index >= 15 is 0 Å². The number of nitrogens with zero attached hydrogens (tertiary/aromatic N) is 1.